The van der Waals surface area contributed by atoms with Gasteiger partial charge < -0.3 is 9.88 Å². The number of H-pyrrole nitrogens is 1. The van der Waals surface area contributed by atoms with Crippen molar-refractivity contribution in [3.63, 3.8) is 0 Å². The summed E-state index contributed by atoms with van der Waals surface area (Å²) in [6.07, 6.45) is 4.04. The molecule has 1 saturated carbocycles. The van der Waals surface area contributed by atoms with Crippen molar-refractivity contribution in [1.82, 2.24) is 9.88 Å². The van der Waals surface area contributed by atoms with Crippen LogP contribution in [0.4, 0.5) is 0 Å². The molecule has 0 aliphatic heterocycles. The van der Waals surface area contributed by atoms with Crippen LogP contribution in [0.25, 0.3) is 0 Å². The first-order chi connectivity index (χ1) is 8.72. The van der Waals surface area contributed by atoms with Gasteiger partial charge in [0.25, 0.3) is 5.91 Å². The Bertz CT molecular complexity index is 468. The molecule has 0 atom stereocenters. The van der Waals surface area contributed by atoms with E-state index in [2.05, 4.69) is 4.98 Å². The Hall–Kier alpha value is -1.29. The van der Waals surface area contributed by atoms with Gasteiger partial charge in [0.05, 0.1) is 0 Å². The molecule has 18 heavy (non-hydrogen) atoms. The smallest absolute Gasteiger partial charge is 0.270 e. The first-order valence-corrected chi connectivity index (χ1v) is 6.82. The highest BCUT2D eigenvalue weighted by Crippen LogP contribution is 2.26. The van der Waals surface area contributed by atoms with Crippen molar-refractivity contribution >= 4 is 17.5 Å². The number of hydrogen-bond acceptors (Lipinski definition) is 2. The number of aromatic nitrogens is 1. The molecule has 0 spiro atoms. The van der Waals surface area contributed by atoms with Crippen LogP contribution in [0.2, 0.25) is 0 Å². The molecule has 0 bridgehead atoms. The van der Waals surface area contributed by atoms with Crippen LogP contribution in [-0.2, 0) is 0 Å². The van der Waals surface area contributed by atoms with Crippen molar-refractivity contribution in [3.05, 3.63) is 34.2 Å². The fourth-order valence-electron chi connectivity index (χ4n) is 2.11. The fourth-order valence-corrected chi connectivity index (χ4v) is 2.23. The molecule has 98 valence electrons. The fraction of sp³-hybridized carbons (Fsp3) is 0.538. The molecule has 5 heteroatoms. The minimum absolute atomic E-state index is 0.0949. The number of carbonyl (C=O) groups is 1. The molecular formula is C13H17ClN2O2. The normalized spacial score (nSPS) is 15.2. The van der Waals surface area contributed by atoms with E-state index in [1.54, 1.807) is 12.1 Å². The Morgan fingerprint density at radius 1 is 1.44 bits per heavy atom. The molecule has 1 aliphatic rings. The number of pyridine rings is 1. The number of carbonyl (C=O) groups excluding carboxylic acids is 1. The molecule has 1 N–H and O–H groups in total. The van der Waals surface area contributed by atoms with Gasteiger partial charge >= 0.3 is 0 Å². The third kappa shape index (κ3) is 2.93. The number of amides is 1. The van der Waals surface area contributed by atoms with Crippen molar-refractivity contribution in [1.29, 1.82) is 0 Å². The Balaban J connectivity index is 2.13. The lowest BCUT2D eigenvalue weighted by Crippen LogP contribution is -2.45. The van der Waals surface area contributed by atoms with Crippen molar-refractivity contribution in [2.24, 2.45) is 0 Å². The van der Waals surface area contributed by atoms with E-state index in [-0.39, 0.29) is 11.5 Å². The summed E-state index contributed by atoms with van der Waals surface area (Å²) in [5.41, 5.74) is 0.121. The monoisotopic (exact) mass is 268 g/mol. The lowest BCUT2D eigenvalue weighted by atomic mass is 9.91. The number of nitrogens with one attached hydrogen (secondary N) is 1. The minimum atomic E-state index is -0.244. The van der Waals surface area contributed by atoms with E-state index < -0.39 is 0 Å². The maximum absolute atomic E-state index is 12.3. The van der Waals surface area contributed by atoms with Crippen molar-refractivity contribution in [2.75, 3.05) is 12.4 Å². The van der Waals surface area contributed by atoms with Gasteiger partial charge in [0.15, 0.2) is 0 Å². The number of nitrogens with zero attached hydrogens (tertiary/aromatic N) is 1. The third-order valence-corrected chi connectivity index (χ3v) is 3.58. The van der Waals surface area contributed by atoms with Crippen LogP contribution >= 0.6 is 11.6 Å². The molecule has 0 radical (unpaired) electrons. The number of hydrogen-bond donors (Lipinski definition) is 1. The van der Waals surface area contributed by atoms with Crippen LogP contribution in [0.1, 0.15) is 36.2 Å². The number of rotatable bonds is 5. The molecule has 1 aliphatic carbocycles. The van der Waals surface area contributed by atoms with Crippen LogP contribution in [0.5, 0.6) is 0 Å². The Morgan fingerprint density at radius 3 is 2.78 bits per heavy atom. The highest BCUT2D eigenvalue weighted by molar-refractivity contribution is 6.17. The van der Waals surface area contributed by atoms with Crippen LogP contribution in [-0.4, -0.2) is 34.3 Å². The summed E-state index contributed by atoms with van der Waals surface area (Å²) in [6, 6.07) is 4.97. The average molecular weight is 269 g/mol. The summed E-state index contributed by atoms with van der Waals surface area (Å²) in [5, 5.41) is 0. The van der Waals surface area contributed by atoms with Gasteiger partial charge in [-0.3, -0.25) is 9.59 Å². The molecule has 2 rings (SSSR count). The van der Waals surface area contributed by atoms with E-state index in [4.69, 9.17) is 11.6 Å². The average Bonchev–Trinajstić information content (AvgIpc) is 2.31. The molecule has 1 amide bonds. The summed E-state index contributed by atoms with van der Waals surface area (Å²) in [6.45, 7) is 0.657. The van der Waals surface area contributed by atoms with E-state index >= 15 is 0 Å². The SMILES string of the molecule is O=C(c1cccc(=O)[nH]1)N(CCCCl)C1CCC1. The quantitative estimate of drug-likeness (QED) is 0.831. The van der Waals surface area contributed by atoms with E-state index in [1.807, 2.05) is 4.90 Å². The predicted molar refractivity (Wildman–Crippen MR) is 71.1 cm³/mol. The second kappa shape index (κ2) is 6.05. The summed E-state index contributed by atoms with van der Waals surface area (Å²) >= 11 is 5.69. The van der Waals surface area contributed by atoms with E-state index in [0.717, 1.165) is 19.3 Å². The Morgan fingerprint density at radius 2 is 2.22 bits per heavy atom. The van der Waals surface area contributed by atoms with Crippen LogP contribution in [0.3, 0.4) is 0 Å². The standard InChI is InChI=1S/C13H17ClN2O2/c14-8-3-9-16(10-4-1-5-10)13(18)11-6-2-7-12(17)15-11/h2,6-7,10H,1,3-5,8-9H2,(H,15,17). The zero-order chi connectivity index (χ0) is 13.0. The first-order valence-electron chi connectivity index (χ1n) is 6.28. The number of halogens is 1. The first kappa shape index (κ1) is 13.1. The summed E-state index contributed by atoms with van der Waals surface area (Å²) in [4.78, 5) is 28.0. The van der Waals surface area contributed by atoms with Gasteiger partial charge in [-0.2, -0.15) is 0 Å². The van der Waals surface area contributed by atoms with Gasteiger partial charge in [-0.25, -0.2) is 0 Å². The van der Waals surface area contributed by atoms with Crippen LogP contribution in [0, 0.1) is 0 Å². The highest BCUT2D eigenvalue weighted by Gasteiger charge is 2.29. The largest absolute Gasteiger partial charge is 0.334 e. The van der Waals surface area contributed by atoms with E-state index in [0.29, 0.717) is 24.2 Å². The zero-order valence-electron chi connectivity index (χ0n) is 10.2. The second-order valence-electron chi connectivity index (χ2n) is 4.55. The number of alkyl halides is 1. The zero-order valence-corrected chi connectivity index (χ0v) is 10.9. The van der Waals surface area contributed by atoms with Gasteiger partial charge in [-0.05, 0) is 31.7 Å². The highest BCUT2D eigenvalue weighted by atomic mass is 35.5. The molecule has 1 fully saturated rings. The lowest BCUT2D eigenvalue weighted by Gasteiger charge is -2.37. The molecule has 1 heterocycles. The molecule has 0 saturated heterocycles. The van der Waals surface area contributed by atoms with Gasteiger partial charge in [-0.15, -0.1) is 11.6 Å². The Labute approximate surface area is 111 Å². The molecular weight excluding hydrogens is 252 g/mol. The van der Waals surface area contributed by atoms with E-state index in [9.17, 15) is 9.59 Å². The maximum Gasteiger partial charge on any atom is 0.270 e. The molecule has 0 aromatic carbocycles. The lowest BCUT2D eigenvalue weighted by molar-refractivity contribution is 0.0574. The molecule has 1 aromatic rings. The van der Waals surface area contributed by atoms with Gasteiger partial charge in [0, 0.05) is 24.5 Å². The maximum atomic E-state index is 12.3. The van der Waals surface area contributed by atoms with Crippen molar-refractivity contribution in [2.45, 2.75) is 31.7 Å². The van der Waals surface area contributed by atoms with Gasteiger partial charge in [0.2, 0.25) is 5.56 Å². The van der Waals surface area contributed by atoms with Crippen LogP contribution < -0.4 is 5.56 Å². The number of aromatic amines is 1. The third-order valence-electron chi connectivity index (χ3n) is 3.31. The van der Waals surface area contributed by atoms with Gasteiger partial charge in [-0.1, -0.05) is 6.07 Å². The summed E-state index contributed by atoms with van der Waals surface area (Å²) in [7, 11) is 0. The van der Waals surface area contributed by atoms with Crippen LogP contribution in [0.15, 0.2) is 23.0 Å². The summed E-state index contributed by atoms with van der Waals surface area (Å²) < 4.78 is 0. The minimum Gasteiger partial charge on any atom is -0.334 e. The van der Waals surface area contributed by atoms with E-state index in [1.165, 1.54) is 12.5 Å². The summed E-state index contributed by atoms with van der Waals surface area (Å²) in [5.74, 6) is 0.449. The topological polar surface area (TPSA) is 53.2 Å². The predicted octanol–water partition coefficient (Wildman–Crippen LogP) is 2.00. The molecule has 0 unspecified atom stereocenters. The molecule has 1 aromatic heterocycles. The Kier molecular flexibility index (Phi) is 4.42. The molecule has 4 nitrogen and oxygen atoms in total. The van der Waals surface area contributed by atoms with Gasteiger partial charge in [0.1, 0.15) is 5.69 Å². The second-order valence-corrected chi connectivity index (χ2v) is 4.93. The van der Waals surface area contributed by atoms with Crippen molar-refractivity contribution in [3.8, 4) is 0 Å². The van der Waals surface area contributed by atoms with Crippen molar-refractivity contribution < 1.29 is 4.79 Å².